The molecule has 0 saturated carbocycles. The van der Waals surface area contributed by atoms with Crippen LogP contribution in [0.2, 0.25) is 0 Å². The standard InChI is InChI=1S/C12F10Se3/c13-1-3(15)7(19)11(8(20)4(1)16)23-25-24-12-9(21)5(17)2(14)6(18)10(12)22. The second-order valence-corrected chi connectivity index (χ2v) is 19.6. The molecule has 0 spiro atoms. The third kappa shape index (κ3) is 3.72. The second kappa shape index (κ2) is 7.90. The van der Waals surface area contributed by atoms with Gasteiger partial charge in [-0.05, 0) is 0 Å². The van der Waals surface area contributed by atoms with Crippen LogP contribution in [0.3, 0.4) is 0 Å². The maximum absolute atomic E-state index is 13.5. The molecule has 0 aromatic heterocycles. The van der Waals surface area contributed by atoms with Crippen molar-refractivity contribution in [2.45, 2.75) is 0 Å². The summed E-state index contributed by atoms with van der Waals surface area (Å²) in [5, 5.41) is 0. The van der Waals surface area contributed by atoms with Crippen LogP contribution in [0.25, 0.3) is 0 Å². The van der Waals surface area contributed by atoms with E-state index in [4.69, 9.17) is 0 Å². The Hall–Kier alpha value is -0.702. The van der Waals surface area contributed by atoms with Gasteiger partial charge in [-0.2, -0.15) is 0 Å². The van der Waals surface area contributed by atoms with Crippen molar-refractivity contribution in [2.24, 2.45) is 0 Å². The van der Waals surface area contributed by atoms with E-state index in [1.54, 1.807) is 0 Å². The van der Waals surface area contributed by atoms with E-state index < -0.39 is 105 Å². The Morgan fingerprint density at radius 2 is 0.520 bits per heavy atom. The van der Waals surface area contributed by atoms with E-state index in [9.17, 15) is 43.9 Å². The fourth-order valence-corrected chi connectivity index (χ4v) is 17.8. The molecule has 2 aromatic carbocycles. The summed E-state index contributed by atoms with van der Waals surface area (Å²) in [5.41, 5.74) is 0. The number of hydrogen-bond donors (Lipinski definition) is 0. The molecule has 0 aliphatic rings. The minimum absolute atomic E-state index is 1.14. The van der Waals surface area contributed by atoms with Gasteiger partial charge >= 0.3 is 149 Å². The molecule has 0 aliphatic carbocycles. The number of hydrogen-bond acceptors (Lipinski definition) is 0. The van der Waals surface area contributed by atoms with Crippen molar-refractivity contribution in [3.8, 4) is 0 Å². The Kier molecular flexibility index (Phi) is 6.51. The molecule has 13 heteroatoms. The Morgan fingerprint density at radius 3 is 0.760 bits per heavy atom. The molecule has 0 nitrogen and oxygen atoms in total. The van der Waals surface area contributed by atoms with Crippen LogP contribution in [-0.2, 0) is 0 Å². The van der Waals surface area contributed by atoms with Gasteiger partial charge in [-0.25, -0.2) is 0 Å². The van der Waals surface area contributed by atoms with Crippen LogP contribution in [0.4, 0.5) is 43.9 Å². The molecule has 0 atom stereocenters. The summed E-state index contributed by atoms with van der Waals surface area (Å²) in [6, 6.07) is 0. The summed E-state index contributed by atoms with van der Waals surface area (Å²) < 4.78 is 129. The van der Waals surface area contributed by atoms with Crippen LogP contribution in [0.1, 0.15) is 0 Å². The van der Waals surface area contributed by atoms with Gasteiger partial charge in [0.2, 0.25) is 0 Å². The molecule has 0 bridgehead atoms. The van der Waals surface area contributed by atoms with Crippen molar-refractivity contribution in [2.75, 3.05) is 0 Å². The zero-order chi connectivity index (χ0) is 19.0. The van der Waals surface area contributed by atoms with E-state index >= 15 is 0 Å². The van der Waals surface area contributed by atoms with Crippen LogP contribution in [0.5, 0.6) is 0 Å². The first-order valence-electron chi connectivity index (χ1n) is 5.63. The summed E-state index contributed by atoms with van der Waals surface area (Å²) in [5.74, 6) is -21.7. The van der Waals surface area contributed by atoms with Crippen molar-refractivity contribution >= 4 is 46.5 Å². The van der Waals surface area contributed by atoms with Crippen molar-refractivity contribution in [1.82, 2.24) is 0 Å². The Labute approximate surface area is 148 Å². The Balaban J connectivity index is 2.29. The average molecular weight is 571 g/mol. The van der Waals surface area contributed by atoms with Crippen LogP contribution in [0, 0.1) is 58.2 Å². The zero-order valence-electron chi connectivity index (χ0n) is 11.0. The van der Waals surface area contributed by atoms with Crippen LogP contribution < -0.4 is 8.92 Å². The molecule has 0 heterocycles. The molecule has 0 amide bonds. The molecule has 2 aromatic rings. The molecule has 0 saturated heterocycles. The van der Waals surface area contributed by atoms with Gasteiger partial charge in [-0.3, -0.25) is 0 Å². The molecule has 0 unspecified atom stereocenters. The first kappa shape index (κ1) is 20.6. The van der Waals surface area contributed by atoms with E-state index in [1.807, 2.05) is 0 Å². The van der Waals surface area contributed by atoms with Crippen molar-refractivity contribution < 1.29 is 43.9 Å². The van der Waals surface area contributed by atoms with E-state index in [0.29, 0.717) is 0 Å². The second-order valence-electron chi connectivity index (χ2n) is 4.03. The molecular formula is C12F10Se3. The molecule has 0 N–H and O–H groups in total. The number of benzene rings is 2. The molecule has 136 valence electrons. The van der Waals surface area contributed by atoms with E-state index in [2.05, 4.69) is 0 Å². The predicted molar refractivity (Wildman–Crippen MR) is 69.0 cm³/mol. The maximum atomic E-state index is 13.5. The molecule has 0 fully saturated rings. The van der Waals surface area contributed by atoms with Gasteiger partial charge in [0.05, 0.1) is 0 Å². The van der Waals surface area contributed by atoms with Gasteiger partial charge in [0.1, 0.15) is 0 Å². The molecule has 0 radical (unpaired) electrons. The molecule has 25 heavy (non-hydrogen) atoms. The Morgan fingerprint density at radius 1 is 0.320 bits per heavy atom. The zero-order valence-corrected chi connectivity index (χ0v) is 16.1. The number of rotatable bonds is 4. The molecule has 2 rings (SSSR count). The molecule has 0 aliphatic heterocycles. The normalized spacial score (nSPS) is 11.3. The predicted octanol–water partition coefficient (Wildman–Crippen LogP) is 1.97. The third-order valence-electron chi connectivity index (χ3n) is 2.57. The summed E-state index contributed by atoms with van der Waals surface area (Å²) in [4.78, 5) is 0. The quantitative estimate of drug-likeness (QED) is 0.228. The summed E-state index contributed by atoms with van der Waals surface area (Å²) >= 11 is -4.01. The van der Waals surface area contributed by atoms with E-state index in [1.165, 1.54) is 0 Å². The average Bonchev–Trinajstić information content (AvgIpc) is 2.60. The van der Waals surface area contributed by atoms with Gasteiger partial charge in [0.25, 0.3) is 0 Å². The van der Waals surface area contributed by atoms with Crippen LogP contribution >= 0.6 is 0 Å². The summed E-state index contributed by atoms with van der Waals surface area (Å²) in [6.07, 6.45) is 0. The fraction of sp³-hybridized carbons (Fsp3) is 0. The first-order valence-corrected chi connectivity index (χ1v) is 16.0. The fourth-order valence-electron chi connectivity index (χ4n) is 1.40. The van der Waals surface area contributed by atoms with Gasteiger partial charge < -0.3 is 0 Å². The monoisotopic (exact) mass is 574 g/mol. The minimum atomic E-state index is -2.35. The summed E-state index contributed by atoms with van der Waals surface area (Å²) in [6.45, 7) is 0. The third-order valence-corrected chi connectivity index (χ3v) is 17.9. The number of halogens is 10. The topological polar surface area (TPSA) is 0 Å². The Bertz CT molecular complexity index is 727. The van der Waals surface area contributed by atoms with Crippen molar-refractivity contribution in [3.63, 3.8) is 0 Å². The van der Waals surface area contributed by atoms with E-state index in [-0.39, 0.29) is 0 Å². The molecular weight excluding hydrogens is 571 g/mol. The van der Waals surface area contributed by atoms with Gasteiger partial charge in [-0.1, -0.05) is 0 Å². The van der Waals surface area contributed by atoms with Gasteiger partial charge in [0.15, 0.2) is 0 Å². The van der Waals surface area contributed by atoms with Gasteiger partial charge in [0, 0.05) is 0 Å². The SMILES string of the molecule is Fc1c(F)c(F)c([Se][Se][Se]c2c(F)c(F)c(F)c(F)c2F)c(F)c1F. The van der Waals surface area contributed by atoms with Crippen LogP contribution in [-0.4, -0.2) is 37.6 Å². The summed E-state index contributed by atoms with van der Waals surface area (Å²) in [7, 11) is 0. The van der Waals surface area contributed by atoms with E-state index in [0.717, 1.165) is 0 Å². The van der Waals surface area contributed by atoms with Crippen molar-refractivity contribution in [1.29, 1.82) is 0 Å². The first-order chi connectivity index (χ1) is 11.6. The van der Waals surface area contributed by atoms with Crippen LogP contribution in [0.15, 0.2) is 0 Å². The van der Waals surface area contributed by atoms with Gasteiger partial charge in [-0.15, -0.1) is 0 Å². The van der Waals surface area contributed by atoms with Crippen molar-refractivity contribution in [3.05, 3.63) is 58.2 Å².